The zero-order chi connectivity index (χ0) is 9.84. The van der Waals surface area contributed by atoms with Gasteiger partial charge >= 0.3 is 6.09 Å². The number of nitrogen functional groups attached to an aromatic ring is 1. The second-order valence-corrected chi connectivity index (χ2v) is 2.22. The smallest absolute Gasteiger partial charge is 0.409 e. The van der Waals surface area contributed by atoms with Gasteiger partial charge < -0.3 is 15.6 Å². The number of aromatic nitrogens is 1. The first-order chi connectivity index (χ1) is 6.13. The molecule has 1 heterocycles. The van der Waals surface area contributed by atoms with Crippen molar-refractivity contribution in [3.8, 4) is 5.88 Å². The van der Waals surface area contributed by atoms with E-state index >= 15 is 0 Å². The first-order valence-electron chi connectivity index (χ1n) is 3.44. The van der Waals surface area contributed by atoms with Gasteiger partial charge in [-0.2, -0.15) is 4.98 Å². The summed E-state index contributed by atoms with van der Waals surface area (Å²) in [5, 5.41) is 10.5. The molecule has 1 rings (SSSR count). The topological polar surface area (TPSA) is 97.5 Å². The Kier molecular flexibility index (Phi) is 2.53. The number of nitrogens with zero attached hydrogens (tertiary/aromatic N) is 1. The lowest BCUT2D eigenvalue weighted by atomic mass is 10.4. The van der Waals surface area contributed by atoms with E-state index < -0.39 is 6.09 Å². The van der Waals surface area contributed by atoms with Crippen LogP contribution < -0.4 is 15.8 Å². The summed E-state index contributed by atoms with van der Waals surface area (Å²) in [7, 11) is 1.45. The van der Waals surface area contributed by atoms with E-state index in [1.165, 1.54) is 19.2 Å². The average Bonchev–Trinajstić information content (AvgIpc) is 2.08. The number of rotatable bonds is 2. The maximum absolute atomic E-state index is 10.2. The summed E-state index contributed by atoms with van der Waals surface area (Å²) in [6.45, 7) is 0. The van der Waals surface area contributed by atoms with Crippen molar-refractivity contribution in [1.29, 1.82) is 0 Å². The number of carboxylic acid groups (broad SMARTS) is 1. The van der Waals surface area contributed by atoms with Gasteiger partial charge in [0.1, 0.15) is 0 Å². The van der Waals surface area contributed by atoms with Crippen LogP contribution in [0.2, 0.25) is 0 Å². The second-order valence-electron chi connectivity index (χ2n) is 2.22. The summed E-state index contributed by atoms with van der Waals surface area (Å²) < 4.78 is 4.79. The molecule has 70 valence electrons. The second kappa shape index (κ2) is 3.61. The lowest BCUT2D eigenvalue weighted by Crippen LogP contribution is -2.10. The Morgan fingerprint density at radius 1 is 1.69 bits per heavy atom. The third-order valence-electron chi connectivity index (χ3n) is 1.35. The fraction of sp³-hybridized carbons (Fsp3) is 0.143. The summed E-state index contributed by atoms with van der Waals surface area (Å²) in [5.41, 5.74) is 5.67. The Morgan fingerprint density at radius 3 is 2.85 bits per heavy atom. The van der Waals surface area contributed by atoms with Gasteiger partial charge in [0.2, 0.25) is 5.88 Å². The molecule has 6 heteroatoms. The van der Waals surface area contributed by atoms with Crippen LogP contribution in [-0.2, 0) is 0 Å². The van der Waals surface area contributed by atoms with Crippen LogP contribution >= 0.6 is 0 Å². The molecule has 4 N–H and O–H groups in total. The summed E-state index contributed by atoms with van der Waals surface area (Å²) in [6.07, 6.45) is -1.18. The molecule has 0 fully saturated rings. The molecule has 0 saturated heterocycles. The number of carbonyl (C=O) groups is 1. The van der Waals surface area contributed by atoms with E-state index in [1.54, 1.807) is 0 Å². The van der Waals surface area contributed by atoms with Crippen LogP contribution in [0.5, 0.6) is 5.88 Å². The van der Waals surface area contributed by atoms with Crippen molar-refractivity contribution in [2.45, 2.75) is 0 Å². The maximum atomic E-state index is 10.2. The molecule has 0 bridgehead atoms. The number of hydrogen-bond acceptors (Lipinski definition) is 4. The average molecular weight is 183 g/mol. The van der Waals surface area contributed by atoms with Crippen LogP contribution in [0.3, 0.4) is 0 Å². The Bertz CT molecular complexity index is 327. The highest BCUT2D eigenvalue weighted by Gasteiger charge is 2.04. The fourth-order valence-electron chi connectivity index (χ4n) is 0.791. The van der Waals surface area contributed by atoms with Crippen LogP contribution in [0.4, 0.5) is 16.3 Å². The van der Waals surface area contributed by atoms with Crippen molar-refractivity contribution >= 4 is 17.6 Å². The molecule has 0 atom stereocenters. The summed E-state index contributed by atoms with van der Waals surface area (Å²) in [5.74, 6) is 0.426. The number of ether oxygens (including phenoxy) is 1. The van der Waals surface area contributed by atoms with Gasteiger partial charge in [0, 0.05) is 6.07 Å². The first kappa shape index (κ1) is 9.11. The highest BCUT2D eigenvalue weighted by atomic mass is 16.5. The van der Waals surface area contributed by atoms with E-state index in [4.69, 9.17) is 15.6 Å². The van der Waals surface area contributed by atoms with Crippen LogP contribution in [0.1, 0.15) is 0 Å². The minimum atomic E-state index is -1.18. The lowest BCUT2D eigenvalue weighted by Gasteiger charge is -2.05. The molecule has 0 aliphatic heterocycles. The van der Waals surface area contributed by atoms with Crippen LogP contribution in [0.15, 0.2) is 12.1 Å². The van der Waals surface area contributed by atoms with Crippen molar-refractivity contribution in [2.24, 2.45) is 0 Å². The van der Waals surface area contributed by atoms with Gasteiger partial charge in [0.25, 0.3) is 0 Å². The van der Waals surface area contributed by atoms with Crippen molar-refractivity contribution in [2.75, 3.05) is 18.2 Å². The van der Waals surface area contributed by atoms with Crippen molar-refractivity contribution in [3.63, 3.8) is 0 Å². The van der Waals surface area contributed by atoms with Gasteiger partial charge in [-0.3, -0.25) is 5.32 Å². The van der Waals surface area contributed by atoms with Crippen LogP contribution in [0.25, 0.3) is 0 Å². The molecule has 1 aromatic heterocycles. The van der Waals surface area contributed by atoms with Crippen LogP contribution in [-0.4, -0.2) is 23.3 Å². The molecule has 0 radical (unpaired) electrons. The number of anilines is 2. The number of hydrogen-bond donors (Lipinski definition) is 3. The minimum absolute atomic E-state index is 0.0850. The van der Waals surface area contributed by atoms with Gasteiger partial charge in [0.05, 0.1) is 12.8 Å². The highest BCUT2D eigenvalue weighted by molar-refractivity contribution is 5.86. The van der Waals surface area contributed by atoms with E-state index in [9.17, 15) is 4.79 Å². The quantitative estimate of drug-likeness (QED) is 0.628. The van der Waals surface area contributed by atoms with Crippen molar-refractivity contribution in [3.05, 3.63) is 12.1 Å². The normalized spacial score (nSPS) is 9.31. The van der Waals surface area contributed by atoms with E-state index in [1.807, 2.05) is 0 Å². The van der Waals surface area contributed by atoms with E-state index in [0.717, 1.165) is 0 Å². The standard InChI is InChI=1S/C7H9N3O3/c1-13-5-3-2-4(6(8)10-5)9-7(11)12/h2-3,9H,1H3,(H2,8,10)(H,11,12). The predicted molar refractivity (Wildman–Crippen MR) is 46.8 cm³/mol. The molecule has 0 aromatic carbocycles. The molecule has 6 nitrogen and oxygen atoms in total. The SMILES string of the molecule is COc1ccc(NC(=O)O)c(N)n1. The summed E-state index contributed by atoms with van der Waals surface area (Å²) >= 11 is 0. The molecule has 1 aromatic rings. The van der Waals surface area contributed by atoms with Gasteiger partial charge in [0.15, 0.2) is 5.82 Å². The van der Waals surface area contributed by atoms with Crippen molar-refractivity contribution < 1.29 is 14.6 Å². The number of nitrogens with one attached hydrogen (secondary N) is 1. The third kappa shape index (κ3) is 2.22. The Morgan fingerprint density at radius 2 is 2.38 bits per heavy atom. The molecule has 0 unspecified atom stereocenters. The molecule has 0 spiro atoms. The molecule has 0 aliphatic carbocycles. The zero-order valence-electron chi connectivity index (χ0n) is 6.94. The summed E-state index contributed by atoms with van der Waals surface area (Å²) in [4.78, 5) is 14.0. The van der Waals surface area contributed by atoms with Gasteiger partial charge in [-0.05, 0) is 6.07 Å². The van der Waals surface area contributed by atoms with Crippen LogP contribution in [0, 0.1) is 0 Å². The molecule has 13 heavy (non-hydrogen) atoms. The molecule has 0 saturated carbocycles. The zero-order valence-corrected chi connectivity index (χ0v) is 6.94. The maximum Gasteiger partial charge on any atom is 0.409 e. The number of amides is 1. The number of pyridine rings is 1. The monoisotopic (exact) mass is 183 g/mol. The number of nitrogens with two attached hydrogens (primary N) is 1. The predicted octanol–water partition coefficient (Wildman–Crippen LogP) is 0.762. The van der Waals surface area contributed by atoms with E-state index in [2.05, 4.69) is 10.3 Å². The molecular weight excluding hydrogens is 174 g/mol. The number of methoxy groups -OCH3 is 1. The van der Waals surface area contributed by atoms with Crippen molar-refractivity contribution in [1.82, 2.24) is 4.98 Å². The Balaban J connectivity index is 2.91. The van der Waals surface area contributed by atoms with Gasteiger partial charge in [-0.25, -0.2) is 4.79 Å². The van der Waals surface area contributed by atoms with Gasteiger partial charge in [-0.15, -0.1) is 0 Å². The molecule has 0 aliphatic rings. The molecular formula is C7H9N3O3. The minimum Gasteiger partial charge on any atom is -0.481 e. The Hall–Kier alpha value is -1.98. The first-order valence-corrected chi connectivity index (χ1v) is 3.44. The largest absolute Gasteiger partial charge is 0.481 e. The Labute approximate surface area is 74.3 Å². The van der Waals surface area contributed by atoms with E-state index in [0.29, 0.717) is 5.88 Å². The van der Waals surface area contributed by atoms with Gasteiger partial charge in [-0.1, -0.05) is 0 Å². The third-order valence-corrected chi connectivity index (χ3v) is 1.35. The lowest BCUT2D eigenvalue weighted by molar-refractivity contribution is 0.209. The molecule has 1 amide bonds. The van der Waals surface area contributed by atoms with E-state index in [-0.39, 0.29) is 11.5 Å². The fourth-order valence-corrected chi connectivity index (χ4v) is 0.791. The highest BCUT2D eigenvalue weighted by Crippen LogP contribution is 2.19. The summed E-state index contributed by atoms with van der Waals surface area (Å²) in [6, 6.07) is 3.00.